The summed E-state index contributed by atoms with van der Waals surface area (Å²) in [7, 11) is -1.89. The summed E-state index contributed by atoms with van der Waals surface area (Å²) in [6.07, 6.45) is 0. The standard InChI is InChI=1S/C25H17O4P/c26-25-23-17-20(18-10-4-1-5-11-18)16-22(19-12-6-2-7-13-19)24(23)28-30(29-25)27-21-14-8-3-9-15-21/h1-17H. The van der Waals surface area contributed by atoms with Crippen LogP contribution in [0, 0.1) is 0 Å². The second-order valence-electron chi connectivity index (χ2n) is 6.73. The Balaban J connectivity index is 1.60. The quantitative estimate of drug-likeness (QED) is 0.343. The van der Waals surface area contributed by atoms with Crippen LogP contribution in [0.3, 0.4) is 0 Å². The molecule has 0 spiro atoms. The lowest BCUT2D eigenvalue weighted by Gasteiger charge is -2.25. The van der Waals surface area contributed by atoms with E-state index in [1.54, 1.807) is 12.1 Å². The minimum atomic E-state index is -1.89. The highest BCUT2D eigenvalue weighted by Gasteiger charge is 2.35. The number of carbonyl (C=O) groups excluding carboxylic acids is 1. The molecule has 0 amide bonds. The molecule has 0 saturated heterocycles. The molecule has 4 aromatic carbocycles. The molecule has 0 bridgehead atoms. The van der Waals surface area contributed by atoms with Gasteiger partial charge in [-0.1, -0.05) is 78.9 Å². The van der Waals surface area contributed by atoms with E-state index in [0.29, 0.717) is 17.1 Å². The molecule has 146 valence electrons. The van der Waals surface area contributed by atoms with Crippen molar-refractivity contribution < 1.29 is 18.4 Å². The first kappa shape index (κ1) is 18.4. The molecule has 4 nitrogen and oxygen atoms in total. The van der Waals surface area contributed by atoms with Gasteiger partial charge in [0.1, 0.15) is 11.3 Å². The van der Waals surface area contributed by atoms with Crippen molar-refractivity contribution in [2.24, 2.45) is 0 Å². The maximum atomic E-state index is 12.9. The molecule has 0 N–H and O–H groups in total. The number of fused-ring (bicyclic) bond motifs is 1. The molecule has 5 heteroatoms. The number of para-hydroxylation sites is 1. The van der Waals surface area contributed by atoms with E-state index in [9.17, 15) is 4.79 Å². The van der Waals surface area contributed by atoms with E-state index in [4.69, 9.17) is 13.6 Å². The van der Waals surface area contributed by atoms with Crippen LogP contribution >= 0.6 is 8.60 Å². The van der Waals surface area contributed by atoms with Crippen molar-refractivity contribution in [3.8, 4) is 33.8 Å². The smallest absolute Gasteiger partial charge is 0.408 e. The Morgan fingerprint density at radius 2 is 1.17 bits per heavy atom. The molecule has 5 rings (SSSR count). The fourth-order valence-electron chi connectivity index (χ4n) is 3.32. The zero-order chi connectivity index (χ0) is 20.3. The van der Waals surface area contributed by atoms with Crippen LogP contribution < -0.4 is 9.05 Å². The van der Waals surface area contributed by atoms with Gasteiger partial charge in [0.05, 0.1) is 0 Å². The van der Waals surface area contributed by atoms with Crippen LogP contribution in [0.1, 0.15) is 10.4 Å². The summed E-state index contributed by atoms with van der Waals surface area (Å²) in [5, 5.41) is 0. The van der Waals surface area contributed by atoms with Gasteiger partial charge < -0.3 is 13.6 Å². The molecule has 0 saturated carbocycles. The van der Waals surface area contributed by atoms with Crippen molar-refractivity contribution in [1.29, 1.82) is 0 Å². The summed E-state index contributed by atoms with van der Waals surface area (Å²) in [5.74, 6) is 0.620. The molecule has 1 unspecified atom stereocenters. The lowest BCUT2D eigenvalue weighted by molar-refractivity contribution is 0.0698. The Morgan fingerprint density at radius 3 is 1.83 bits per heavy atom. The summed E-state index contributed by atoms with van der Waals surface area (Å²) in [6, 6.07) is 32.8. The Labute approximate surface area is 175 Å². The molecule has 30 heavy (non-hydrogen) atoms. The summed E-state index contributed by atoms with van der Waals surface area (Å²) in [6.45, 7) is 0. The second kappa shape index (κ2) is 8.02. The molecular formula is C25H17O4P. The first-order valence-corrected chi connectivity index (χ1v) is 10.6. The van der Waals surface area contributed by atoms with E-state index >= 15 is 0 Å². The fraction of sp³-hybridized carbons (Fsp3) is 0. The lowest BCUT2D eigenvalue weighted by atomic mass is 9.95. The number of carbonyl (C=O) groups is 1. The van der Waals surface area contributed by atoms with Gasteiger partial charge >= 0.3 is 14.6 Å². The number of hydrogen-bond acceptors (Lipinski definition) is 4. The summed E-state index contributed by atoms with van der Waals surface area (Å²) >= 11 is 0. The normalized spacial score (nSPS) is 14.9. The Morgan fingerprint density at radius 1 is 0.600 bits per heavy atom. The molecule has 1 atom stereocenters. The van der Waals surface area contributed by atoms with E-state index in [1.165, 1.54) is 0 Å². The van der Waals surface area contributed by atoms with Crippen molar-refractivity contribution in [3.63, 3.8) is 0 Å². The van der Waals surface area contributed by atoms with Crippen molar-refractivity contribution in [2.45, 2.75) is 0 Å². The van der Waals surface area contributed by atoms with Crippen LogP contribution in [-0.4, -0.2) is 5.97 Å². The number of rotatable bonds is 4. The highest BCUT2D eigenvalue weighted by Crippen LogP contribution is 2.51. The highest BCUT2D eigenvalue weighted by molar-refractivity contribution is 7.43. The van der Waals surface area contributed by atoms with Crippen LogP contribution in [0.15, 0.2) is 103 Å². The third-order valence-corrected chi connectivity index (χ3v) is 5.75. The van der Waals surface area contributed by atoms with Gasteiger partial charge in [0.25, 0.3) is 0 Å². The van der Waals surface area contributed by atoms with E-state index < -0.39 is 14.6 Å². The van der Waals surface area contributed by atoms with Gasteiger partial charge in [0.2, 0.25) is 0 Å². The van der Waals surface area contributed by atoms with Crippen molar-refractivity contribution >= 4 is 14.6 Å². The van der Waals surface area contributed by atoms with Gasteiger partial charge in [-0.05, 0) is 41.0 Å². The van der Waals surface area contributed by atoms with E-state index in [1.807, 2.05) is 91.0 Å². The SMILES string of the molecule is O=C1OP(Oc2ccccc2)Oc2c1cc(-c1ccccc1)cc2-c1ccccc1. The summed E-state index contributed by atoms with van der Waals surface area (Å²) < 4.78 is 17.4. The fourth-order valence-corrected chi connectivity index (χ4v) is 4.31. The predicted octanol–water partition coefficient (Wildman–Crippen LogP) is 6.88. The molecule has 1 aliphatic heterocycles. The highest BCUT2D eigenvalue weighted by atomic mass is 31.2. The number of benzene rings is 4. The topological polar surface area (TPSA) is 44.8 Å². The molecule has 4 aromatic rings. The van der Waals surface area contributed by atoms with Crippen molar-refractivity contribution in [2.75, 3.05) is 0 Å². The zero-order valence-corrected chi connectivity index (χ0v) is 16.8. The second-order valence-corrected chi connectivity index (χ2v) is 7.73. The van der Waals surface area contributed by atoms with Gasteiger partial charge in [-0.3, -0.25) is 0 Å². The molecule has 0 fully saturated rings. The summed E-state index contributed by atoms with van der Waals surface area (Å²) in [4.78, 5) is 12.9. The zero-order valence-electron chi connectivity index (χ0n) is 15.9. The van der Waals surface area contributed by atoms with Gasteiger partial charge in [-0.2, -0.15) is 0 Å². The maximum Gasteiger partial charge on any atom is 0.532 e. The largest absolute Gasteiger partial charge is 0.532 e. The van der Waals surface area contributed by atoms with Gasteiger partial charge in [0.15, 0.2) is 5.75 Å². The van der Waals surface area contributed by atoms with E-state index in [0.717, 1.165) is 22.3 Å². The van der Waals surface area contributed by atoms with Crippen LogP contribution in [0.25, 0.3) is 22.3 Å². The van der Waals surface area contributed by atoms with Crippen LogP contribution in [0.2, 0.25) is 0 Å². The van der Waals surface area contributed by atoms with Crippen molar-refractivity contribution in [3.05, 3.63) is 109 Å². The van der Waals surface area contributed by atoms with Crippen LogP contribution in [-0.2, 0) is 4.52 Å². The summed E-state index contributed by atoms with van der Waals surface area (Å²) in [5.41, 5.74) is 4.11. The molecule has 1 aliphatic rings. The molecule has 0 aliphatic carbocycles. The van der Waals surface area contributed by atoms with Crippen molar-refractivity contribution in [1.82, 2.24) is 0 Å². The average Bonchev–Trinajstić information content (AvgIpc) is 2.80. The third-order valence-electron chi connectivity index (χ3n) is 4.75. The molecule has 0 radical (unpaired) electrons. The number of hydrogen-bond donors (Lipinski definition) is 0. The van der Waals surface area contributed by atoms with Crippen LogP contribution in [0.5, 0.6) is 11.5 Å². The first-order chi connectivity index (χ1) is 14.8. The van der Waals surface area contributed by atoms with Gasteiger partial charge in [-0.25, -0.2) is 4.79 Å². The van der Waals surface area contributed by atoms with E-state index in [2.05, 4.69) is 0 Å². The average molecular weight is 412 g/mol. The van der Waals surface area contributed by atoms with E-state index in [-0.39, 0.29) is 0 Å². The monoisotopic (exact) mass is 412 g/mol. The Bertz CT molecular complexity index is 1180. The lowest BCUT2D eigenvalue weighted by Crippen LogP contribution is -2.15. The molecule has 1 heterocycles. The Kier molecular flexibility index (Phi) is 4.92. The van der Waals surface area contributed by atoms with Crippen LogP contribution in [0.4, 0.5) is 0 Å². The van der Waals surface area contributed by atoms with Gasteiger partial charge in [-0.15, -0.1) is 0 Å². The minimum absolute atomic E-state index is 0.394. The van der Waals surface area contributed by atoms with Gasteiger partial charge in [0, 0.05) is 5.56 Å². The molecule has 0 aromatic heterocycles. The molecular weight excluding hydrogens is 395 g/mol. The third kappa shape index (κ3) is 3.66. The minimum Gasteiger partial charge on any atom is -0.408 e. The first-order valence-electron chi connectivity index (χ1n) is 9.50. The Hall–Kier alpha value is -3.62. The predicted molar refractivity (Wildman–Crippen MR) is 117 cm³/mol. The maximum absolute atomic E-state index is 12.9.